The van der Waals surface area contributed by atoms with E-state index < -0.39 is 5.97 Å². The Bertz CT molecular complexity index is 1090. The minimum absolute atomic E-state index is 0.150. The largest absolute Gasteiger partial charge is 0.469 e. The number of aromatic nitrogens is 2. The predicted octanol–water partition coefficient (Wildman–Crippen LogP) is 3.99. The summed E-state index contributed by atoms with van der Waals surface area (Å²) in [6, 6.07) is 19.3. The number of methoxy groups -OCH3 is 2. The average molecular weight is 431 g/mol. The topological polar surface area (TPSA) is 81.6 Å². The van der Waals surface area contributed by atoms with Gasteiger partial charge in [0.2, 0.25) is 0 Å². The van der Waals surface area contributed by atoms with Crippen LogP contribution in [0.15, 0.2) is 60.7 Å². The standard InChI is InChI=1S/C25H25N3O4/c1-31-24(29)19-13-15-28(16-14-19)23-21(25(30)32-2)20(17-9-5-3-6-10-17)22(26-27-23)18-11-7-4-8-12-18/h3-12,19H,13-16H2,1-2H3. The molecule has 7 nitrogen and oxygen atoms in total. The molecule has 1 saturated heterocycles. The first-order valence-electron chi connectivity index (χ1n) is 10.6. The van der Waals surface area contributed by atoms with Crippen LogP contribution in [-0.2, 0) is 14.3 Å². The highest BCUT2D eigenvalue weighted by Crippen LogP contribution is 2.38. The van der Waals surface area contributed by atoms with Crippen LogP contribution in [-0.4, -0.2) is 49.4 Å². The molecule has 2 aromatic carbocycles. The van der Waals surface area contributed by atoms with Gasteiger partial charge in [-0.25, -0.2) is 4.79 Å². The number of hydrogen-bond acceptors (Lipinski definition) is 7. The summed E-state index contributed by atoms with van der Waals surface area (Å²) in [5.74, 6) is -0.351. The Balaban J connectivity index is 1.85. The highest BCUT2D eigenvalue weighted by atomic mass is 16.5. The molecule has 4 rings (SSSR count). The summed E-state index contributed by atoms with van der Waals surface area (Å²) in [4.78, 5) is 27.0. The van der Waals surface area contributed by atoms with Gasteiger partial charge in [-0.1, -0.05) is 60.7 Å². The number of anilines is 1. The molecule has 0 unspecified atom stereocenters. The third-order valence-electron chi connectivity index (χ3n) is 5.78. The summed E-state index contributed by atoms with van der Waals surface area (Å²) in [7, 11) is 2.77. The van der Waals surface area contributed by atoms with Crippen molar-refractivity contribution in [2.24, 2.45) is 5.92 Å². The number of piperidine rings is 1. The Morgan fingerprint density at radius 3 is 2.00 bits per heavy atom. The lowest BCUT2D eigenvalue weighted by Gasteiger charge is -2.32. The normalized spacial score (nSPS) is 14.1. The van der Waals surface area contributed by atoms with E-state index in [2.05, 4.69) is 10.2 Å². The molecule has 164 valence electrons. The fraction of sp³-hybridized carbons (Fsp3) is 0.280. The van der Waals surface area contributed by atoms with Crippen LogP contribution < -0.4 is 4.90 Å². The van der Waals surface area contributed by atoms with Crippen molar-refractivity contribution in [2.75, 3.05) is 32.2 Å². The molecule has 0 amide bonds. The summed E-state index contributed by atoms with van der Waals surface area (Å²) < 4.78 is 10.1. The smallest absolute Gasteiger partial charge is 0.342 e. The van der Waals surface area contributed by atoms with Crippen molar-refractivity contribution >= 4 is 17.8 Å². The van der Waals surface area contributed by atoms with Gasteiger partial charge >= 0.3 is 11.9 Å². The van der Waals surface area contributed by atoms with Crippen molar-refractivity contribution in [3.05, 3.63) is 66.2 Å². The minimum Gasteiger partial charge on any atom is -0.469 e. The van der Waals surface area contributed by atoms with E-state index in [0.29, 0.717) is 48.6 Å². The molecule has 32 heavy (non-hydrogen) atoms. The van der Waals surface area contributed by atoms with E-state index in [0.717, 1.165) is 11.1 Å². The van der Waals surface area contributed by atoms with E-state index in [1.54, 1.807) is 0 Å². The highest BCUT2D eigenvalue weighted by Gasteiger charge is 2.32. The lowest BCUT2D eigenvalue weighted by molar-refractivity contribution is -0.146. The molecule has 2 heterocycles. The zero-order valence-corrected chi connectivity index (χ0v) is 18.2. The van der Waals surface area contributed by atoms with Gasteiger partial charge in [-0.05, 0) is 18.4 Å². The molecule has 1 aliphatic heterocycles. The Labute approximate surface area is 187 Å². The van der Waals surface area contributed by atoms with Crippen LogP contribution in [0.3, 0.4) is 0 Å². The van der Waals surface area contributed by atoms with Crippen molar-refractivity contribution in [1.29, 1.82) is 0 Å². The third kappa shape index (κ3) is 4.19. The third-order valence-corrected chi connectivity index (χ3v) is 5.78. The van der Waals surface area contributed by atoms with Gasteiger partial charge in [0.25, 0.3) is 0 Å². The second-order valence-electron chi connectivity index (χ2n) is 7.63. The van der Waals surface area contributed by atoms with Crippen LogP contribution >= 0.6 is 0 Å². The molecule has 0 aliphatic carbocycles. The van der Waals surface area contributed by atoms with Gasteiger partial charge in [0, 0.05) is 24.2 Å². The van der Waals surface area contributed by atoms with Gasteiger partial charge in [-0.3, -0.25) is 4.79 Å². The summed E-state index contributed by atoms with van der Waals surface area (Å²) in [6.07, 6.45) is 1.24. The van der Waals surface area contributed by atoms with Crippen molar-refractivity contribution in [3.63, 3.8) is 0 Å². The monoisotopic (exact) mass is 431 g/mol. The SMILES string of the molecule is COC(=O)c1c(N2CCC(C(=O)OC)CC2)nnc(-c2ccccc2)c1-c1ccccc1. The van der Waals surface area contributed by atoms with Crippen molar-refractivity contribution < 1.29 is 19.1 Å². The Hall–Kier alpha value is -3.74. The predicted molar refractivity (Wildman–Crippen MR) is 121 cm³/mol. The molecule has 1 aromatic heterocycles. The van der Waals surface area contributed by atoms with E-state index in [1.165, 1.54) is 14.2 Å². The van der Waals surface area contributed by atoms with Crippen LogP contribution in [0.2, 0.25) is 0 Å². The molecule has 1 fully saturated rings. The van der Waals surface area contributed by atoms with E-state index in [-0.39, 0.29) is 11.9 Å². The number of carbonyl (C=O) groups excluding carboxylic acids is 2. The summed E-state index contributed by atoms with van der Waals surface area (Å²) in [5, 5.41) is 9.04. The molecule has 0 N–H and O–H groups in total. The zero-order chi connectivity index (χ0) is 22.5. The lowest BCUT2D eigenvalue weighted by atomic mass is 9.93. The Kier molecular flexibility index (Phi) is 6.44. The second kappa shape index (κ2) is 9.60. The maximum Gasteiger partial charge on any atom is 0.342 e. The summed E-state index contributed by atoms with van der Waals surface area (Å²) >= 11 is 0. The first-order chi connectivity index (χ1) is 15.6. The number of rotatable bonds is 5. The highest BCUT2D eigenvalue weighted by molar-refractivity contribution is 6.05. The number of benzene rings is 2. The fourth-order valence-corrected chi connectivity index (χ4v) is 4.12. The lowest BCUT2D eigenvalue weighted by Crippen LogP contribution is -2.38. The van der Waals surface area contributed by atoms with Gasteiger partial charge in [-0.15, -0.1) is 10.2 Å². The molecule has 0 saturated carbocycles. The van der Waals surface area contributed by atoms with Crippen molar-refractivity contribution in [1.82, 2.24) is 10.2 Å². The Morgan fingerprint density at radius 1 is 0.844 bits per heavy atom. The van der Waals surface area contributed by atoms with Crippen LogP contribution in [0.1, 0.15) is 23.2 Å². The van der Waals surface area contributed by atoms with Gasteiger partial charge in [-0.2, -0.15) is 0 Å². The molecular formula is C25H25N3O4. The molecule has 1 aliphatic rings. The molecular weight excluding hydrogens is 406 g/mol. The Morgan fingerprint density at radius 2 is 1.44 bits per heavy atom. The number of esters is 2. The number of nitrogens with zero attached hydrogens (tertiary/aromatic N) is 3. The number of hydrogen-bond donors (Lipinski definition) is 0. The molecule has 0 bridgehead atoms. The zero-order valence-electron chi connectivity index (χ0n) is 18.2. The average Bonchev–Trinajstić information content (AvgIpc) is 2.88. The number of ether oxygens (including phenoxy) is 2. The van der Waals surface area contributed by atoms with Crippen molar-refractivity contribution in [2.45, 2.75) is 12.8 Å². The van der Waals surface area contributed by atoms with Crippen molar-refractivity contribution in [3.8, 4) is 22.4 Å². The van der Waals surface area contributed by atoms with Crippen LogP contribution in [0, 0.1) is 5.92 Å². The molecule has 0 radical (unpaired) electrons. The summed E-state index contributed by atoms with van der Waals surface area (Å²) in [5.41, 5.74) is 3.39. The molecule has 3 aromatic rings. The molecule has 7 heteroatoms. The number of carbonyl (C=O) groups is 2. The van der Waals surface area contributed by atoms with Gasteiger partial charge < -0.3 is 14.4 Å². The first-order valence-corrected chi connectivity index (χ1v) is 10.6. The maximum absolute atomic E-state index is 13.1. The molecule has 0 atom stereocenters. The van der Waals surface area contributed by atoms with E-state index in [4.69, 9.17) is 9.47 Å². The minimum atomic E-state index is -0.471. The van der Waals surface area contributed by atoms with E-state index in [1.807, 2.05) is 65.6 Å². The first kappa shape index (κ1) is 21.5. The van der Waals surface area contributed by atoms with Crippen LogP contribution in [0.4, 0.5) is 5.82 Å². The maximum atomic E-state index is 13.1. The van der Waals surface area contributed by atoms with Gasteiger partial charge in [0.1, 0.15) is 11.3 Å². The fourth-order valence-electron chi connectivity index (χ4n) is 4.12. The molecule has 0 spiro atoms. The van der Waals surface area contributed by atoms with E-state index in [9.17, 15) is 9.59 Å². The van der Waals surface area contributed by atoms with Crippen LogP contribution in [0.25, 0.3) is 22.4 Å². The van der Waals surface area contributed by atoms with Gasteiger partial charge in [0.05, 0.1) is 20.1 Å². The second-order valence-corrected chi connectivity index (χ2v) is 7.63. The van der Waals surface area contributed by atoms with Gasteiger partial charge in [0.15, 0.2) is 5.82 Å². The quantitative estimate of drug-likeness (QED) is 0.565. The van der Waals surface area contributed by atoms with Crippen LogP contribution in [0.5, 0.6) is 0 Å². The van der Waals surface area contributed by atoms with E-state index >= 15 is 0 Å². The summed E-state index contributed by atoms with van der Waals surface area (Å²) in [6.45, 7) is 1.13.